The Bertz CT molecular complexity index is 1160. The lowest BCUT2D eigenvalue weighted by molar-refractivity contribution is 0.507. The van der Waals surface area contributed by atoms with Crippen molar-refractivity contribution in [1.82, 2.24) is 0 Å². The lowest BCUT2D eigenvalue weighted by Crippen LogP contribution is -1.97. The van der Waals surface area contributed by atoms with Crippen molar-refractivity contribution in [2.24, 2.45) is 0 Å². The maximum Gasteiger partial charge on any atom is 0.159 e. The first-order valence-corrected chi connectivity index (χ1v) is 9.79. The van der Waals surface area contributed by atoms with Gasteiger partial charge in [-0.25, -0.2) is 13.2 Å². The van der Waals surface area contributed by atoms with Gasteiger partial charge in [0.1, 0.15) is 5.82 Å². The number of hydrogen-bond donors (Lipinski definition) is 0. The molecular weight excluding hydrogens is 369 g/mol. The van der Waals surface area contributed by atoms with Crippen molar-refractivity contribution in [2.75, 3.05) is 0 Å². The molecule has 0 N–H and O–H groups in total. The second-order valence-corrected chi connectivity index (χ2v) is 7.27. The van der Waals surface area contributed by atoms with E-state index in [4.69, 9.17) is 0 Å². The Kier molecular flexibility index (Phi) is 5.39. The summed E-state index contributed by atoms with van der Waals surface area (Å²) in [5, 5.41) is 1.41. The summed E-state index contributed by atoms with van der Waals surface area (Å²) in [5.74, 6) is -2.00. The van der Waals surface area contributed by atoms with Crippen LogP contribution in [0.2, 0.25) is 0 Å². The third-order valence-corrected chi connectivity index (χ3v) is 5.40. The minimum atomic E-state index is -0.874. The van der Waals surface area contributed by atoms with E-state index in [9.17, 15) is 8.78 Å². The van der Waals surface area contributed by atoms with Gasteiger partial charge in [0.2, 0.25) is 0 Å². The summed E-state index contributed by atoms with van der Waals surface area (Å²) in [5.41, 5.74) is 4.66. The first kappa shape index (κ1) is 19.3. The summed E-state index contributed by atoms with van der Waals surface area (Å²) >= 11 is 0. The first-order chi connectivity index (χ1) is 14.0. The van der Waals surface area contributed by atoms with Gasteiger partial charge in [-0.2, -0.15) is 0 Å². The van der Waals surface area contributed by atoms with Crippen molar-refractivity contribution >= 4 is 10.8 Å². The summed E-state index contributed by atoms with van der Waals surface area (Å²) in [6, 6.07) is 21.7. The van der Waals surface area contributed by atoms with Crippen LogP contribution >= 0.6 is 0 Å². The molecule has 0 radical (unpaired) electrons. The van der Waals surface area contributed by atoms with Gasteiger partial charge in [0.25, 0.3) is 0 Å². The molecule has 0 spiro atoms. The zero-order valence-corrected chi connectivity index (χ0v) is 16.2. The summed E-state index contributed by atoms with van der Waals surface area (Å²) in [7, 11) is 0. The van der Waals surface area contributed by atoms with Crippen LogP contribution in [0.4, 0.5) is 13.2 Å². The highest BCUT2D eigenvalue weighted by Gasteiger charge is 2.10. The van der Waals surface area contributed by atoms with E-state index < -0.39 is 11.6 Å². The van der Waals surface area contributed by atoms with Gasteiger partial charge >= 0.3 is 0 Å². The monoisotopic (exact) mass is 390 g/mol. The molecule has 0 aliphatic rings. The second-order valence-electron chi connectivity index (χ2n) is 7.27. The summed E-state index contributed by atoms with van der Waals surface area (Å²) < 4.78 is 41.4. The second kappa shape index (κ2) is 8.12. The van der Waals surface area contributed by atoms with Crippen molar-refractivity contribution in [3.63, 3.8) is 0 Å². The van der Waals surface area contributed by atoms with Gasteiger partial charge in [-0.15, -0.1) is 0 Å². The van der Waals surface area contributed by atoms with E-state index in [0.717, 1.165) is 29.0 Å². The van der Waals surface area contributed by atoms with Crippen LogP contribution < -0.4 is 0 Å². The normalized spacial score (nSPS) is 11.2. The molecule has 0 atom stereocenters. The average molecular weight is 390 g/mol. The number of hydrogen-bond acceptors (Lipinski definition) is 0. The Morgan fingerprint density at radius 2 is 1.34 bits per heavy atom. The smallest absolute Gasteiger partial charge is 0.159 e. The van der Waals surface area contributed by atoms with Crippen LogP contribution in [-0.4, -0.2) is 0 Å². The lowest BCUT2D eigenvalue weighted by Gasteiger charge is -2.10. The van der Waals surface area contributed by atoms with Crippen molar-refractivity contribution in [3.05, 3.63) is 107 Å². The topological polar surface area (TPSA) is 0 Å². The third-order valence-electron chi connectivity index (χ3n) is 5.40. The predicted octanol–water partition coefficient (Wildman–Crippen LogP) is 7.27. The number of fused-ring (bicyclic) bond motifs is 1. The predicted molar refractivity (Wildman–Crippen MR) is 112 cm³/mol. The van der Waals surface area contributed by atoms with Crippen LogP contribution in [0.15, 0.2) is 72.8 Å². The number of benzene rings is 4. The van der Waals surface area contributed by atoms with Crippen LogP contribution in [0.1, 0.15) is 23.6 Å². The van der Waals surface area contributed by atoms with Gasteiger partial charge in [0.05, 0.1) is 0 Å². The van der Waals surface area contributed by atoms with Gasteiger partial charge in [-0.05, 0) is 70.7 Å². The standard InChI is InChI=1S/C26H21F3/c1-2-17-3-7-19(8-4-17)21-12-13-23-22(16-21)11-10-20(26(23)29)9-5-18-6-14-24(27)25(28)15-18/h3-4,6-8,10-16H,2,5,9H2,1H3. The molecule has 0 aliphatic carbocycles. The molecule has 0 aromatic heterocycles. The van der Waals surface area contributed by atoms with Gasteiger partial charge in [-0.1, -0.05) is 61.5 Å². The maximum absolute atomic E-state index is 15.0. The Morgan fingerprint density at radius 3 is 2.07 bits per heavy atom. The molecule has 0 aliphatic heterocycles. The van der Waals surface area contributed by atoms with Crippen LogP contribution in [-0.2, 0) is 19.3 Å². The van der Waals surface area contributed by atoms with E-state index in [0.29, 0.717) is 29.4 Å². The molecule has 0 bridgehead atoms. The number of rotatable bonds is 5. The minimum absolute atomic E-state index is 0.252. The van der Waals surface area contributed by atoms with E-state index in [1.54, 1.807) is 6.07 Å². The fourth-order valence-electron chi connectivity index (χ4n) is 3.62. The fraction of sp³-hybridized carbons (Fsp3) is 0.154. The maximum atomic E-state index is 15.0. The van der Waals surface area contributed by atoms with Crippen LogP contribution in [0.3, 0.4) is 0 Å². The molecule has 29 heavy (non-hydrogen) atoms. The van der Waals surface area contributed by atoms with Crippen molar-refractivity contribution in [2.45, 2.75) is 26.2 Å². The molecule has 146 valence electrons. The SMILES string of the molecule is CCc1ccc(-c2ccc3c(F)c(CCc4ccc(F)c(F)c4)ccc3c2)cc1. The summed E-state index contributed by atoms with van der Waals surface area (Å²) in [6.07, 6.45) is 1.87. The van der Waals surface area contributed by atoms with Gasteiger partial charge in [0, 0.05) is 5.39 Å². The van der Waals surface area contributed by atoms with E-state index in [-0.39, 0.29) is 5.82 Å². The molecule has 0 amide bonds. The molecule has 0 saturated heterocycles. The zero-order valence-electron chi connectivity index (χ0n) is 16.2. The highest BCUT2D eigenvalue weighted by atomic mass is 19.2. The molecule has 3 heteroatoms. The van der Waals surface area contributed by atoms with Crippen LogP contribution in [0, 0.1) is 17.5 Å². The summed E-state index contributed by atoms with van der Waals surface area (Å²) in [6.45, 7) is 2.12. The van der Waals surface area contributed by atoms with Crippen LogP contribution in [0.25, 0.3) is 21.9 Å². The molecule has 4 rings (SSSR count). The quantitative estimate of drug-likeness (QED) is 0.336. The molecule has 4 aromatic carbocycles. The molecule has 0 nitrogen and oxygen atoms in total. The minimum Gasteiger partial charge on any atom is -0.206 e. The lowest BCUT2D eigenvalue weighted by atomic mass is 9.96. The van der Waals surface area contributed by atoms with Crippen LogP contribution in [0.5, 0.6) is 0 Å². The van der Waals surface area contributed by atoms with E-state index in [1.165, 1.54) is 17.7 Å². The molecule has 4 aromatic rings. The van der Waals surface area contributed by atoms with E-state index in [2.05, 4.69) is 31.2 Å². The Morgan fingerprint density at radius 1 is 0.621 bits per heavy atom. The molecule has 0 heterocycles. The van der Waals surface area contributed by atoms with E-state index in [1.807, 2.05) is 24.3 Å². The molecule has 0 saturated carbocycles. The van der Waals surface area contributed by atoms with Gasteiger partial charge in [0.15, 0.2) is 11.6 Å². The van der Waals surface area contributed by atoms with Crippen molar-refractivity contribution in [3.8, 4) is 11.1 Å². The summed E-state index contributed by atoms with van der Waals surface area (Å²) in [4.78, 5) is 0. The molecule has 0 unspecified atom stereocenters. The van der Waals surface area contributed by atoms with Crippen molar-refractivity contribution < 1.29 is 13.2 Å². The highest BCUT2D eigenvalue weighted by Crippen LogP contribution is 2.28. The Balaban J connectivity index is 1.59. The zero-order chi connectivity index (χ0) is 20.4. The van der Waals surface area contributed by atoms with Gasteiger partial charge in [-0.3, -0.25) is 0 Å². The van der Waals surface area contributed by atoms with Gasteiger partial charge < -0.3 is 0 Å². The number of halogens is 3. The Hall–Kier alpha value is -3.07. The Labute approximate surface area is 168 Å². The highest BCUT2D eigenvalue weighted by molar-refractivity contribution is 5.88. The third kappa shape index (κ3) is 4.04. The van der Waals surface area contributed by atoms with E-state index >= 15 is 4.39 Å². The molecular formula is C26H21F3. The van der Waals surface area contributed by atoms with Crippen molar-refractivity contribution in [1.29, 1.82) is 0 Å². The fourth-order valence-corrected chi connectivity index (χ4v) is 3.62. The molecule has 0 fully saturated rings. The largest absolute Gasteiger partial charge is 0.206 e. The average Bonchev–Trinajstić information content (AvgIpc) is 2.75. The first-order valence-electron chi connectivity index (χ1n) is 9.79. The number of aryl methyl sites for hydroxylation is 3.